The van der Waals surface area contributed by atoms with Crippen LogP contribution in [0.25, 0.3) is 10.6 Å². The molecule has 0 spiro atoms. The molecule has 6 heteroatoms. The first-order chi connectivity index (χ1) is 10.7. The fraction of sp³-hybridized carbons (Fsp3) is 0.438. The second kappa shape index (κ2) is 7.19. The average Bonchev–Trinajstić information content (AvgIpc) is 2.90. The predicted molar refractivity (Wildman–Crippen MR) is 86.2 cm³/mol. The van der Waals surface area contributed by atoms with Crippen LogP contribution in [0.15, 0.2) is 30.5 Å². The zero-order chi connectivity index (χ0) is 15.4. The van der Waals surface area contributed by atoms with Crippen molar-refractivity contribution in [2.45, 2.75) is 12.6 Å². The summed E-state index contributed by atoms with van der Waals surface area (Å²) in [4.78, 5) is 7.91. The number of hydrogen-bond acceptors (Lipinski definition) is 6. The van der Waals surface area contributed by atoms with Crippen molar-refractivity contribution >= 4 is 11.3 Å². The lowest BCUT2D eigenvalue weighted by atomic mass is 10.2. The van der Waals surface area contributed by atoms with E-state index in [-0.39, 0.29) is 0 Å². The highest BCUT2D eigenvalue weighted by Gasteiger charge is 2.17. The van der Waals surface area contributed by atoms with Gasteiger partial charge in [-0.2, -0.15) is 0 Å². The molecule has 0 radical (unpaired) electrons. The Balaban J connectivity index is 1.70. The predicted octanol–water partition coefficient (Wildman–Crippen LogP) is 2.01. The lowest BCUT2D eigenvalue weighted by Crippen LogP contribution is -2.31. The number of aromatic nitrogens is 1. The van der Waals surface area contributed by atoms with Crippen molar-refractivity contribution in [3.8, 4) is 16.3 Å². The van der Waals surface area contributed by atoms with Gasteiger partial charge in [-0.15, -0.1) is 11.3 Å². The first-order valence-electron chi connectivity index (χ1n) is 7.32. The van der Waals surface area contributed by atoms with Crippen molar-refractivity contribution in [1.82, 2.24) is 9.88 Å². The highest BCUT2D eigenvalue weighted by molar-refractivity contribution is 7.15. The smallest absolute Gasteiger partial charge is 0.123 e. The molecule has 0 amide bonds. The second-order valence-electron chi connectivity index (χ2n) is 5.33. The molecule has 5 nitrogen and oxygen atoms in total. The van der Waals surface area contributed by atoms with Gasteiger partial charge in [0.25, 0.3) is 0 Å². The molecule has 1 aliphatic rings. The number of thiazole rings is 1. The van der Waals surface area contributed by atoms with Crippen LogP contribution in [0.5, 0.6) is 5.75 Å². The van der Waals surface area contributed by atoms with Crippen molar-refractivity contribution in [1.29, 1.82) is 0 Å². The minimum Gasteiger partial charge on any atom is -0.497 e. The molecule has 1 N–H and O–H groups in total. The number of benzene rings is 1. The average molecular weight is 320 g/mol. The van der Waals surface area contributed by atoms with E-state index in [1.54, 1.807) is 18.4 Å². The Morgan fingerprint density at radius 2 is 2.41 bits per heavy atom. The fourth-order valence-electron chi connectivity index (χ4n) is 2.49. The number of methoxy groups -OCH3 is 1. The molecule has 1 aromatic carbocycles. The van der Waals surface area contributed by atoms with Gasteiger partial charge in [0.1, 0.15) is 10.8 Å². The van der Waals surface area contributed by atoms with E-state index in [1.165, 1.54) is 4.88 Å². The molecule has 118 valence electrons. The van der Waals surface area contributed by atoms with Crippen molar-refractivity contribution in [3.63, 3.8) is 0 Å². The molecule has 1 aliphatic heterocycles. The molecule has 0 aliphatic carbocycles. The van der Waals surface area contributed by atoms with Crippen LogP contribution in [0.2, 0.25) is 0 Å². The molecule has 1 atom stereocenters. The van der Waals surface area contributed by atoms with E-state index in [0.717, 1.165) is 29.4 Å². The van der Waals surface area contributed by atoms with E-state index in [1.807, 2.05) is 30.5 Å². The maximum Gasteiger partial charge on any atom is 0.123 e. The fourth-order valence-corrected chi connectivity index (χ4v) is 3.44. The molecule has 1 fully saturated rings. The summed E-state index contributed by atoms with van der Waals surface area (Å²) in [5, 5.41) is 10.8. The first-order valence-corrected chi connectivity index (χ1v) is 8.13. The monoisotopic (exact) mass is 320 g/mol. The first kappa shape index (κ1) is 15.4. The van der Waals surface area contributed by atoms with Gasteiger partial charge in [-0.1, -0.05) is 12.1 Å². The van der Waals surface area contributed by atoms with E-state index >= 15 is 0 Å². The SMILES string of the molecule is COc1cccc(-c2ncc(CN3CCOCC(O)C3)s2)c1. The van der Waals surface area contributed by atoms with E-state index in [0.29, 0.717) is 19.8 Å². The van der Waals surface area contributed by atoms with Gasteiger partial charge in [0.05, 0.1) is 26.4 Å². The summed E-state index contributed by atoms with van der Waals surface area (Å²) in [6.45, 7) is 3.37. The minimum absolute atomic E-state index is 0.409. The van der Waals surface area contributed by atoms with Gasteiger partial charge in [0, 0.05) is 36.3 Å². The molecule has 1 aromatic heterocycles. The summed E-state index contributed by atoms with van der Waals surface area (Å²) in [5.74, 6) is 0.835. The summed E-state index contributed by atoms with van der Waals surface area (Å²) in [6, 6.07) is 7.93. The van der Waals surface area contributed by atoms with Crippen molar-refractivity contribution in [3.05, 3.63) is 35.3 Å². The van der Waals surface area contributed by atoms with E-state index < -0.39 is 6.10 Å². The van der Waals surface area contributed by atoms with Crippen molar-refractivity contribution < 1.29 is 14.6 Å². The third-order valence-electron chi connectivity index (χ3n) is 3.58. The molecular formula is C16H20N2O3S. The van der Waals surface area contributed by atoms with Crippen LogP contribution >= 0.6 is 11.3 Å². The number of aliphatic hydroxyl groups excluding tert-OH is 1. The lowest BCUT2D eigenvalue weighted by Gasteiger charge is -2.19. The van der Waals surface area contributed by atoms with Crippen LogP contribution in [0.4, 0.5) is 0 Å². The van der Waals surface area contributed by atoms with Crippen molar-refractivity contribution in [2.24, 2.45) is 0 Å². The van der Waals surface area contributed by atoms with Gasteiger partial charge in [-0.25, -0.2) is 4.98 Å². The number of ether oxygens (including phenoxy) is 2. The summed E-state index contributed by atoms with van der Waals surface area (Å²) in [5.41, 5.74) is 1.06. The second-order valence-corrected chi connectivity index (χ2v) is 6.44. The van der Waals surface area contributed by atoms with Crippen molar-refractivity contribution in [2.75, 3.05) is 33.4 Å². The van der Waals surface area contributed by atoms with Gasteiger partial charge in [0.2, 0.25) is 0 Å². The Hall–Kier alpha value is -1.47. The van der Waals surface area contributed by atoms with Gasteiger partial charge in [0.15, 0.2) is 0 Å². The molecule has 1 unspecified atom stereocenters. The zero-order valence-corrected chi connectivity index (χ0v) is 13.4. The number of rotatable bonds is 4. The number of aliphatic hydroxyl groups is 1. The molecule has 0 saturated carbocycles. The van der Waals surface area contributed by atoms with Crippen LogP contribution in [0, 0.1) is 0 Å². The van der Waals surface area contributed by atoms with Crippen LogP contribution < -0.4 is 4.74 Å². The van der Waals surface area contributed by atoms with E-state index in [2.05, 4.69) is 9.88 Å². The third-order valence-corrected chi connectivity index (χ3v) is 4.61. The van der Waals surface area contributed by atoms with Gasteiger partial charge in [-0.05, 0) is 12.1 Å². The summed E-state index contributed by atoms with van der Waals surface area (Å²) < 4.78 is 10.6. The molecule has 1 saturated heterocycles. The van der Waals surface area contributed by atoms with Crippen LogP contribution in [0.1, 0.15) is 4.88 Å². The Kier molecular flexibility index (Phi) is 5.04. The molecule has 2 aromatic rings. The van der Waals surface area contributed by atoms with Gasteiger partial charge >= 0.3 is 0 Å². The Morgan fingerprint density at radius 1 is 1.50 bits per heavy atom. The molecule has 0 bridgehead atoms. The maximum absolute atomic E-state index is 9.79. The molecule has 22 heavy (non-hydrogen) atoms. The lowest BCUT2D eigenvalue weighted by molar-refractivity contribution is 0.0562. The highest BCUT2D eigenvalue weighted by Crippen LogP contribution is 2.28. The molecular weight excluding hydrogens is 300 g/mol. The van der Waals surface area contributed by atoms with Crippen LogP contribution in [0.3, 0.4) is 0 Å². The normalized spacial score (nSPS) is 19.8. The molecule has 3 rings (SSSR count). The van der Waals surface area contributed by atoms with E-state index in [4.69, 9.17) is 9.47 Å². The maximum atomic E-state index is 9.79. The quantitative estimate of drug-likeness (QED) is 0.934. The number of hydrogen-bond donors (Lipinski definition) is 1. The summed E-state index contributed by atoms with van der Waals surface area (Å²) in [7, 11) is 1.67. The number of β-amino-alcohol motifs (C(OH)–C–C–N with tert-alkyl or cyclic N) is 1. The topological polar surface area (TPSA) is 54.8 Å². The highest BCUT2D eigenvalue weighted by atomic mass is 32.1. The number of nitrogens with zero attached hydrogens (tertiary/aromatic N) is 2. The largest absolute Gasteiger partial charge is 0.497 e. The van der Waals surface area contributed by atoms with Crippen LogP contribution in [-0.4, -0.2) is 54.5 Å². The Labute approximate surface area is 134 Å². The van der Waals surface area contributed by atoms with E-state index in [9.17, 15) is 5.11 Å². The Bertz CT molecular complexity index is 617. The third kappa shape index (κ3) is 3.84. The molecule has 2 heterocycles. The van der Waals surface area contributed by atoms with Gasteiger partial charge in [-0.3, -0.25) is 4.90 Å². The van der Waals surface area contributed by atoms with Crippen LogP contribution in [-0.2, 0) is 11.3 Å². The minimum atomic E-state index is -0.409. The summed E-state index contributed by atoms with van der Waals surface area (Å²) >= 11 is 1.68. The summed E-state index contributed by atoms with van der Waals surface area (Å²) in [6.07, 6.45) is 1.51. The van der Waals surface area contributed by atoms with Gasteiger partial charge < -0.3 is 14.6 Å². The zero-order valence-electron chi connectivity index (χ0n) is 12.6. The standard InChI is InChI=1S/C16H20N2O3S/c1-20-14-4-2-3-12(7-14)16-17-8-15(22-16)10-18-5-6-21-11-13(19)9-18/h2-4,7-8,13,19H,5-6,9-11H2,1H3. The Morgan fingerprint density at radius 3 is 3.27 bits per heavy atom.